The number of fused-ring (bicyclic) bond motifs is 2. The average Bonchev–Trinajstić information content (AvgIpc) is 3.63. The van der Waals surface area contributed by atoms with Gasteiger partial charge in [0.15, 0.2) is 0 Å². The van der Waals surface area contributed by atoms with Gasteiger partial charge in [0, 0.05) is 34.2 Å². The van der Waals surface area contributed by atoms with Crippen LogP contribution in [0.1, 0.15) is 24.3 Å². The van der Waals surface area contributed by atoms with E-state index in [1.165, 1.54) is 0 Å². The summed E-state index contributed by atoms with van der Waals surface area (Å²) in [5, 5.41) is 2.14. The van der Waals surface area contributed by atoms with Crippen molar-refractivity contribution < 1.29 is 0 Å². The highest BCUT2D eigenvalue weighted by Gasteiger charge is 2.27. The van der Waals surface area contributed by atoms with Crippen LogP contribution in [0.2, 0.25) is 0 Å². The fourth-order valence-corrected chi connectivity index (χ4v) is 4.21. The number of pyridine rings is 3. The molecule has 30 heavy (non-hydrogen) atoms. The van der Waals surface area contributed by atoms with Crippen LogP contribution < -0.4 is 5.56 Å². The third kappa shape index (κ3) is 2.89. The second kappa shape index (κ2) is 6.63. The fourth-order valence-electron chi connectivity index (χ4n) is 4.21. The molecule has 144 valence electrons. The summed E-state index contributed by atoms with van der Waals surface area (Å²) in [7, 11) is 0. The lowest BCUT2D eigenvalue weighted by molar-refractivity contribution is 1.11. The number of benzene rings is 2. The molecule has 0 unspecified atom stereocenters. The van der Waals surface area contributed by atoms with E-state index in [0.29, 0.717) is 11.6 Å². The Balaban J connectivity index is 1.68. The molecule has 0 saturated heterocycles. The highest BCUT2D eigenvalue weighted by Crippen LogP contribution is 2.43. The first-order valence-electron chi connectivity index (χ1n) is 10.2. The normalized spacial score (nSPS) is 13.7. The fraction of sp³-hybridized carbons (Fsp3) is 0.115. The molecule has 1 fully saturated rings. The first-order chi connectivity index (χ1) is 14.8. The molecule has 3 heterocycles. The number of nitrogens with zero attached hydrogens (tertiary/aromatic N) is 2. The number of H-pyrrole nitrogens is 1. The number of rotatable bonds is 3. The van der Waals surface area contributed by atoms with Gasteiger partial charge in [-0.15, -0.1) is 0 Å². The summed E-state index contributed by atoms with van der Waals surface area (Å²) in [6.45, 7) is 0. The van der Waals surface area contributed by atoms with Gasteiger partial charge in [-0.2, -0.15) is 0 Å². The standard InChI is InChI=1S/C26H19N3O/c30-24-15-20(16-8-9-16)22-14-21(18-10-11-23-19(13-18)7-4-12-27-23)25(29-26(22)28-24)17-5-2-1-3-6-17/h1-7,10-16H,8-9H2,(H,28,29,30). The van der Waals surface area contributed by atoms with Gasteiger partial charge < -0.3 is 4.98 Å². The molecule has 0 atom stereocenters. The van der Waals surface area contributed by atoms with E-state index in [1.807, 2.05) is 30.5 Å². The summed E-state index contributed by atoms with van der Waals surface area (Å²) in [5.74, 6) is 0.466. The molecule has 3 aromatic heterocycles. The highest BCUT2D eigenvalue weighted by molar-refractivity contribution is 5.94. The number of hydrogen-bond donors (Lipinski definition) is 1. The molecule has 1 aliphatic rings. The lowest BCUT2D eigenvalue weighted by Gasteiger charge is -2.14. The molecule has 5 aromatic rings. The number of nitrogens with one attached hydrogen (secondary N) is 1. The molecule has 0 aliphatic heterocycles. The number of aromatic nitrogens is 3. The average molecular weight is 389 g/mol. The molecule has 0 radical (unpaired) electrons. The number of hydrogen-bond acceptors (Lipinski definition) is 3. The van der Waals surface area contributed by atoms with E-state index in [2.05, 4.69) is 52.4 Å². The summed E-state index contributed by atoms with van der Waals surface area (Å²) in [4.78, 5) is 24.6. The Morgan fingerprint density at radius 3 is 2.57 bits per heavy atom. The highest BCUT2D eigenvalue weighted by atomic mass is 16.1. The monoisotopic (exact) mass is 389 g/mol. The third-order valence-electron chi connectivity index (χ3n) is 5.84. The van der Waals surface area contributed by atoms with Crippen LogP contribution in [0.3, 0.4) is 0 Å². The van der Waals surface area contributed by atoms with Crippen LogP contribution >= 0.6 is 0 Å². The second-order valence-corrected chi connectivity index (χ2v) is 7.92. The molecule has 4 nitrogen and oxygen atoms in total. The summed E-state index contributed by atoms with van der Waals surface area (Å²) in [6, 6.07) is 24.5. The van der Waals surface area contributed by atoms with E-state index in [1.54, 1.807) is 6.07 Å². The van der Waals surface area contributed by atoms with E-state index < -0.39 is 0 Å². The van der Waals surface area contributed by atoms with Crippen molar-refractivity contribution >= 4 is 21.9 Å². The maximum atomic E-state index is 12.3. The van der Waals surface area contributed by atoms with Gasteiger partial charge >= 0.3 is 0 Å². The zero-order valence-corrected chi connectivity index (χ0v) is 16.3. The van der Waals surface area contributed by atoms with E-state index in [4.69, 9.17) is 4.98 Å². The Labute approximate surface area is 173 Å². The van der Waals surface area contributed by atoms with Gasteiger partial charge in [-0.05, 0) is 54.2 Å². The minimum Gasteiger partial charge on any atom is -0.307 e. The predicted molar refractivity (Wildman–Crippen MR) is 121 cm³/mol. The van der Waals surface area contributed by atoms with Gasteiger partial charge in [0.25, 0.3) is 0 Å². The van der Waals surface area contributed by atoms with Crippen LogP contribution in [-0.4, -0.2) is 15.0 Å². The summed E-state index contributed by atoms with van der Waals surface area (Å²) >= 11 is 0. The van der Waals surface area contributed by atoms with E-state index in [0.717, 1.165) is 57.1 Å². The maximum Gasteiger partial charge on any atom is 0.249 e. The molecule has 6 rings (SSSR count). The Morgan fingerprint density at radius 2 is 1.73 bits per heavy atom. The molecular formula is C26H19N3O. The largest absolute Gasteiger partial charge is 0.307 e. The molecule has 0 amide bonds. The summed E-state index contributed by atoms with van der Waals surface area (Å²) in [5.41, 5.74) is 6.72. The van der Waals surface area contributed by atoms with Crippen molar-refractivity contribution in [3.05, 3.63) is 94.9 Å². The smallest absolute Gasteiger partial charge is 0.249 e. The molecule has 4 heteroatoms. The minimum atomic E-state index is -0.0829. The zero-order valence-electron chi connectivity index (χ0n) is 16.3. The molecule has 2 aromatic carbocycles. The Morgan fingerprint density at radius 1 is 0.867 bits per heavy atom. The van der Waals surface area contributed by atoms with Gasteiger partial charge in [0.2, 0.25) is 5.56 Å². The SMILES string of the molecule is O=c1cc(C2CC2)c2cc(-c3ccc4ncccc4c3)c(-c3ccccc3)nc2[nH]1. The van der Waals surface area contributed by atoms with Gasteiger partial charge in [-0.1, -0.05) is 42.5 Å². The first kappa shape index (κ1) is 17.1. The van der Waals surface area contributed by atoms with Crippen molar-refractivity contribution in [1.82, 2.24) is 15.0 Å². The van der Waals surface area contributed by atoms with Gasteiger partial charge in [-0.3, -0.25) is 9.78 Å². The summed E-state index contributed by atoms with van der Waals surface area (Å²) < 4.78 is 0. The van der Waals surface area contributed by atoms with Crippen LogP contribution in [0.15, 0.2) is 83.8 Å². The summed E-state index contributed by atoms with van der Waals surface area (Å²) in [6.07, 6.45) is 4.08. The lowest BCUT2D eigenvalue weighted by atomic mass is 9.95. The van der Waals surface area contributed by atoms with Crippen LogP contribution in [0, 0.1) is 0 Å². The van der Waals surface area contributed by atoms with Crippen molar-refractivity contribution in [2.24, 2.45) is 0 Å². The van der Waals surface area contributed by atoms with Gasteiger partial charge in [0.05, 0.1) is 11.2 Å². The molecule has 0 spiro atoms. The quantitative estimate of drug-likeness (QED) is 0.432. The van der Waals surface area contributed by atoms with E-state index in [-0.39, 0.29) is 5.56 Å². The Hall–Kier alpha value is -3.79. The van der Waals surface area contributed by atoms with Crippen LogP contribution in [0.25, 0.3) is 44.3 Å². The van der Waals surface area contributed by atoms with Crippen LogP contribution in [0.5, 0.6) is 0 Å². The van der Waals surface area contributed by atoms with Gasteiger partial charge in [0.1, 0.15) is 5.65 Å². The van der Waals surface area contributed by atoms with E-state index in [9.17, 15) is 4.79 Å². The molecule has 1 N–H and O–H groups in total. The molecule has 0 bridgehead atoms. The van der Waals surface area contributed by atoms with Crippen molar-refractivity contribution in [1.29, 1.82) is 0 Å². The number of aromatic amines is 1. The lowest BCUT2D eigenvalue weighted by Crippen LogP contribution is -2.08. The van der Waals surface area contributed by atoms with Crippen LogP contribution in [0.4, 0.5) is 0 Å². The first-order valence-corrected chi connectivity index (χ1v) is 10.2. The maximum absolute atomic E-state index is 12.3. The topological polar surface area (TPSA) is 58.6 Å². The molecular weight excluding hydrogens is 370 g/mol. The Kier molecular flexibility index (Phi) is 3.78. The van der Waals surface area contributed by atoms with Crippen molar-refractivity contribution in [3.63, 3.8) is 0 Å². The second-order valence-electron chi connectivity index (χ2n) is 7.92. The van der Waals surface area contributed by atoms with E-state index >= 15 is 0 Å². The molecule has 1 aliphatic carbocycles. The minimum absolute atomic E-state index is 0.0829. The predicted octanol–water partition coefficient (Wildman–Crippen LogP) is 5.68. The van der Waals surface area contributed by atoms with Crippen molar-refractivity contribution in [2.75, 3.05) is 0 Å². The van der Waals surface area contributed by atoms with Crippen molar-refractivity contribution in [3.8, 4) is 22.4 Å². The van der Waals surface area contributed by atoms with Crippen molar-refractivity contribution in [2.45, 2.75) is 18.8 Å². The third-order valence-corrected chi connectivity index (χ3v) is 5.84. The Bertz CT molecular complexity index is 1470. The van der Waals surface area contributed by atoms with Crippen LogP contribution in [-0.2, 0) is 0 Å². The van der Waals surface area contributed by atoms with Gasteiger partial charge in [-0.25, -0.2) is 4.98 Å². The zero-order chi connectivity index (χ0) is 20.1. The molecule has 1 saturated carbocycles.